The molecule has 1 aromatic rings. The maximum absolute atomic E-state index is 6.10. The van der Waals surface area contributed by atoms with E-state index in [-0.39, 0.29) is 0 Å². The number of benzene rings is 1. The van der Waals surface area contributed by atoms with Crippen molar-refractivity contribution in [2.75, 3.05) is 19.6 Å². The molecule has 0 aliphatic carbocycles. The predicted molar refractivity (Wildman–Crippen MR) is 82.3 cm³/mol. The lowest BCUT2D eigenvalue weighted by molar-refractivity contribution is 0.207. The van der Waals surface area contributed by atoms with E-state index in [0.717, 1.165) is 12.5 Å². The summed E-state index contributed by atoms with van der Waals surface area (Å²) in [6.07, 6.45) is 3.98. The lowest BCUT2D eigenvalue weighted by Crippen LogP contribution is -2.35. The van der Waals surface area contributed by atoms with Gasteiger partial charge in [-0.3, -0.25) is 4.90 Å². The molecule has 2 atom stereocenters. The summed E-state index contributed by atoms with van der Waals surface area (Å²) in [5.41, 5.74) is 10.2. The Kier molecular flexibility index (Phi) is 5.00. The largest absolute Gasteiger partial charge is 0.329 e. The molecule has 0 saturated carbocycles. The van der Waals surface area contributed by atoms with Gasteiger partial charge in [-0.2, -0.15) is 0 Å². The molecule has 0 spiro atoms. The molecule has 1 fully saturated rings. The van der Waals surface area contributed by atoms with Crippen LogP contribution in [0.25, 0.3) is 0 Å². The first-order valence-electron chi connectivity index (χ1n) is 7.63. The van der Waals surface area contributed by atoms with Gasteiger partial charge in [0.1, 0.15) is 0 Å². The third-order valence-electron chi connectivity index (χ3n) is 4.51. The molecule has 2 N–H and O–H groups in total. The van der Waals surface area contributed by atoms with E-state index in [1.54, 1.807) is 0 Å². The van der Waals surface area contributed by atoms with Crippen LogP contribution in [0.1, 0.15) is 48.9 Å². The van der Waals surface area contributed by atoms with Gasteiger partial charge in [-0.1, -0.05) is 30.7 Å². The van der Waals surface area contributed by atoms with Crippen LogP contribution in [0, 0.1) is 19.8 Å². The SMILES string of the molecule is Cc1ccc(C)c(C(CN)N2CCCC(C)CC2)c1. The summed E-state index contributed by atoms with van der Waals surface area (Å²) in [5.74, 6) is 0.863. The Labute approximate surface area is 118 Å². The molecular formula is C17H28N2. The molecule has 0 amide bonds. The maximum Gasteiger partial charge on any atom is 0.0473 e. The Hall–Kier alpha value is -0.860. The van der Waals surface area contributed by atoms with E-state index >= 15 is 0 Å². The number of hydrogen-bond acceptors (Lipinski definition) is 2. The van der Waals surface area contributed by atoms with E-state index in [1.165, 1.54) is 49.0 Å². The number of likely N-dealkylation sites (tertiary alicyclic amines) is 1. The smallest absolute Gasteiger partial charge is 0.0473 e. The first kappa shape index (κ1) is 14.5. The zero-order valence-electron chi connectivity index (χ0n) is 12.7. The lowest BCUT2D eigenvalue weighted by atomic mass is 9.97. The van der Waals surface area contributed by atoms with Gasteiger partial charge in [0.2, 0.25) is 0 Å². The van der Waals surface area contributed by atoms with Crippen molar-refractivity contribution in [3.63, 3.8) is 0 Å². The van der Waals surface area contributed by atoms with Crippen molar-refractivity contribution in [3.8, 4) is 0 Å². The van der Waals surface area contributed by atoms with Crippen LogP contribution >= 0.6 is 0 Å². The molecule has 1 aromatic carbocycles. The third-order valence-corrected chi connectivity index (χ3v) is 4.51. The first-order valence-corrected chi connectivity index (χ1v) is 7.63. The average molecular weight is 260 g/mol. The summed E-state index contributed by atoms with van der Waals surface area (Å²) in [7, 11) is 0. The molecular weight excluding hydrogens is 232 g/mol. The van der Waals surface area contributed by atoms with E-state index in [2.05, 4.69) is 43.9 Å². The van der Waals surface area contributed by atoms with E-state index in [4.69, 9.17) is 5.73 Å². The van der Waals surface area contributed by atoms with Crippen molar-refractivity contribution in [3.05, 3.63) is 34.9 Å². The van der Waals surface area contributed by atoms with Gasteiger partial charge >= 0.3 is 0 Å². The van der Waals surface area contributed by atoms with Crippen LogP contribution < -0.4 is 5.73 Å². The summed E-state index contributed by atoms with van der Waals surface area (Å²) in [6.45, 7) is 9.85. The van der Waals surface area contributed by atoms with Gasteiger partial charge in [0.15, 0.2) is 0 Å². The maximum atomic E-state index is 6.10. The molecule has 2 unspecified atom stereocenters. The second-order valence-electron chi connectivity index (χ2n) is 6.18. The van der Waals surface area contributed by atoms with E-state index in [9.17, 15) is 0 Å². The van der Waals surface area contributed by atoms with Gasteiger partial charge in [0.25, 0.3) is 0 Å². The Morgan fingerprint density at radius 2 is 2.05 bits per heavy atom. The van der Waals surface area contributed by atoms with Crippen molar-refractivity contribution in [2.45, 2.75) is 46.1 Å². The molecule has 2 nitrogen and oxygen atoms in total. The fourth-order valence-corrected chi connectivity index (χ4v) is 3.19. The minimum atomic E-state index is 0.394. The first-order chi connectivity index (χ1) is 9.11. The molecule has 19 heavy (non-hydrogen) atoms. The van der Waals surface area contributed by atoms with Crippen molar-refractivity contribution in [2.24, 2.45) is 11.7 Å². The summed E-state index contributed by atoms with van der Waals surface area (Å²) in [5, 5.41) is 0. The van der Waals surface area contributed by atoms with Gasteiger partial charge in [-0.25, -0.2) is 0 Å². The van der Waals surface area contributed by atoms with Crippen LogP contribution in [0.5, 0.6) is 0 Å². The predicted octanol–water partition coefficient (Wildman–Crippen LogP) is 3.43. The quantitative estimate of drug-likeness (QED) is 0.902. The zero-order valence-corrected chi connectivity index (χ0v) is 12.7. The normalized spacial score (nSPS) is 23.1. The van der Waals surface area contributed by atoms with Crippen LogP contribution in [0.2, 0.25) is 0 Å². The number of nitrogens with zero attached hydrogens (tertiary/aromatic N) is 1. The molecule has 2 rings (SSSR count). The summed E-state index contributed by atoms with van der Waals surface area (Å²) in [6, 6.07) is 7.14. The summed E-state index contributed by atoms with van der Waals surface area (Å²) < 4.78 is 0. The number of nitrogens with two attached hydrogens (primary N) is 1. The lowest BCUT2D eigenvalue weighted by Gasteiger charge is -2.31. The monoisotopic (exact) mass is 260 g/mol. The Morgan fingerprint density at radius 3 is 2.79 bits per heavy atom. The van der Waals surface area contributed by atoms with Gasteiger partial charge in [-0.15, -0.1) is 0 Å². The fraction of sp³-hybridized carbons (Fsp3) is 0.647. The van der Waals surface area contributed by atoms with Crippen molar-refractivity contribution in [1.29, 1.82) is 0 Å². The highest BCUT2D eigenvalue weighted by atomic mass is 15.2. The standard InChI is InChI=1S/C17H28N2/c1-13-5-4-9-19(10-8-13)17(12-18)16-11-14(2)6-7-15(16)3/h6-7,11,13,17H,4-5,8-10,12,18H2,1-3H3. The van der Waals surface area contributed by atoms with Crippen LogP contribution in [-0.2, 0) is 0 Å². The molecule has 1 saturated heterocycles. The molecule has 0 aromatic heterocycles. The fourth-order valence-electron chi connectivity index (χ4n) is 3.19. The topological polar surface area (TPSA) is 29.3 Å². The van der Waals surface area contributed by atoms with Gasteiger partial charge in [0.05, 0.1) is 0 Å². The average Bonchev–Trinajstić information content (AvgIpc) is 2.60. The Morgan fingerprint density at radius 1 is 1.26 bits per heavy atom. The molecule has 1 heterocycles. The van der Waals surface area contributed by atoms with Crippen LogP contribution in [0.15, 0.2) is 18.2 Å². The van der Waals surface area contributed by atoms with E-state index in [1.807, 2.05) is 0 Å². The van der Waals surface area contributed by atoms with Crippen molar-refractivity contribution < 1.29 is 0 Å². The molecule has 0 bridgehead atoms. The molecule has 0 radical (unpaired) electrons. The second-order valence-corrected chi connectivity index (χ2v) is 6.18. The van der Waals surface area contributed by atoms with E-state index < -0.39 is 0 Å². The van der Waals surface area contributed by atoms with Gasteiger partial charge in [0, 0.05) is 12.6 Å². The van der Waals surface area contributed by atoms with Crippen molar-refractivity contribution >= 4 is 0 Å². The Balaban J connectivity index is 2.21. The Bertz CT molecular complexity index is 414. The number of hydrogen-bond donors (Lipinski definition) is 1. The number of rotatable bonds is 3. The molecule has 106 valence electrons. The molecule has 1 aliphatic heterocycles. The highest BCUT2D eigenvalue weighted by Gasteiger charge is 2.23. The zero-order chi connectivity index (χ0) is 13.8. The van der Waals surface area contributed by atoms with Gasteiger partial charge in [-0.05, 0) is 63.2 Å². The van der Waals surface area contributed by atoms with E-state index in [0.29, 0.717) is 6.04 Å². The third kappa shape index (κ3) is 3.58. The van der Waals surface area contributed by atoms with Crippen molar-refractivity contribution in [1.82, 2.24) is 4.90 Å². The summed E-state index contributed by atoms with van der Waals surface area (Å²) in [4.78, 5) is 2.60. The minimum Gasteiger partial charge on any atom is -0.329 e. The van der Waals surface area contributed by atoms with Crippen LogP contribution in [-0.4, -0.2) is 24.5 Å². The highest BCUT2D eigenvalue weighted by Crippen LogP contribution is 2.28. The highest BCUT2D eigenvalue weighted by molar-refractivity contribution is 5.33. The van der Waals surface area contributed by atoms with Gasteiger partial charge < -0.3 is 5.73 Å². The van der Waals surface area contributed by atoms with Crippen LogP contribution in [0.3, 0.4) is 0 Å². The minimum absolute atomic E-state index is 0.394. The molecule has 2 heteroatoms. The van der Waals surface area contributed by atoms with Crippen LogP contribution in [0.4, 0.5) is 0 Å². The number of aryl methyl sites for hydroxylation is 2. The summed E-state index contributed by atoms with van der Waals surface area (Å²) >= 11 is 0. The second kappa shape index (κ2) is 6.53. The molecule has 1 aliphatic rings.